The van der Waals surface area contributed by atoms with E-state index >= 15 is 0 Å². The van der Waals surface area contributed by atoms with Gasteiger partial charge in [-0.1, -0.05) is 5.16 Å². The number of furan rings is 1. The standard InChI is InChI=1S/C18H15N3O8/c22-16(4-3-15-19-18(20-29-15)14-2-1-5-26-14)27-9-12-7-13(21(23)24)6-11-8-25-10-28-17(11)12/h1-2,5-7H,3-4,8-10H2. The van der Waals surface area contributed by atoms with Gasteiger partial charge in [0.2, 0.25) is 11.7 Å². The predicted molar refractivity (Wildman–Crippen MR) is 93.5 cm³/mol. The van der Waals surface area contributed by atoms with Crippen LogP contribution in [0.1, 0.15) is 23.4 Å². The van der Waals surface area contributed by atoms with Crippen LogP contribution in [0.5, 0.6) is 5.75 Å². The molecule has 0 bridgehead atoms. The minimum absolute atomic E-state index is 0.000867. The van der Waals surface area contributed by atoms with E-state index in [1.165, 1.54) is 18.4 Å². The number of aromatic nitrogens is 2. The number of carbonyl (C=O) groups excluding carboxylic acids is 1. The fraction of sp³-hybridized carbons (Fsp3) is 0.278. The van der Waals surface area contributed by atoms with E-state index in [1.54, 1.807) is 12.1 Å². The van der Waals surface area contributed by atoms with Crippen molar-refractivity contribution in [3.8, 4) is 17.3 Å². The van der Waals surface area contributed by atoms with Gasteiger partial charge in [0.25, 0.3) is 5.69 Å². The molecule has 1 aliphatic rings. The number of nitro benzene ring substituents is 1. The molecule has 4 rings (SSSR count). The van der Waals surface area contributed by atoms with E-state index in [1.807, 2.05) is 0 Å². The van der Waals surface area contributed by atoms with Crippen molar-refractivity contribution in [3.05, 3.63) is 57.7 Å². The molecular formula is C18H15N3O8. The molecule has 0 saturated carbocycles. The molecule has 0 spiro atoms. The van der Waals surface area contributed by atoms with Gasteiger partial charge < -0.3 is 23.2 Å². The summed E-state index contributed by atoms with van der Waals surface area (Å²) in [6.45, 7) is 0.0539. The molecule has 1 aromatic carbocycles. The maximum absolute atomic E-state index is 12.1. The first kappa shape index (κ1) is 18.6. The Balaban J connectivity index is 1.36. The average Bonchev–Trinajstić information content (AvgIpc) is 3.41. The molecule has 2 aromatic heterocycles. The van der Waals surface area contributed by atoms with E-state index in [4.69, 9.17) is 23.2 Å². The Labute approximate surface area is 163 Å². The van der Waals surface area contributed by atoms with Crippen molar-refractivity contribution >= 4 is 11.7 Å². The zero-order valence-electron chi connectivity index (χ0n) is 15.0. The van der Waals surface area contributed by atoms with E-state index in [-0.39, 0.29) is 44.4 Å². The minimum atomic E-state index is -0.521. The zero-order valence-corrected chi connectivity index (χ0v) is 15.0. The van der Waals surface area contributed by atoms with Crippen LogP contribution in [0.15, 0.2) is 39.5 Å². The third-order valence-corrected chi connectivity index (χ3v) is 4.12. The molecule has 0 amide bonds. The third-order valence-electron chi connectivity index (χ3n) is 4.12. The molecule has 11 heteroatoms. The summed E-state index contributed by atoms with van der Waals surface area (Å²) >= 11 is 0. The number of aryl methyl sites for hydroxylation is 1. The summed E-state index contributed by atoms with van der Waals surface area (Å²) in [5.74, 6) is 0.939. The monoisotopic (exact) mass is 401 g/mol. The lowest BCUT2D eigenvalue weighted by Crippen LogP contribution is -2.15. The highest BCUT2D eigenvalue weighted by Crippen LogP contribution is 2.33. The van der Waals surface area contributed by atoms with Crippen molar-refractivity contribution in [3.63, 3.8) is 0 Å². The van der Waals surface area contributed by atoms with Crippen LogP contribution in [0.2, 0.25) is 0 Å². The van der Waals surface area contributed by atoms with Crippen LogP contribution in [0.4, 0.5) is 5.69 Å². The lowest BCUT2D eigenvalue weighted by molar-refractivity contribution is -0.385. The third kappa shape index (κ3) is 4.24. The van der Waals surface area contributed by atoms with E-state index in [2.05, 4.69) is 10.1 Å². The van der Waals surface area contributed by atoms with Gasteiger partial charge in [0, 0.05) is 29.7 Å². The summed E-state index contributed by atoms with van der Waals surface area (Å²) in [6.07, 6.45) is 1.68. The summed E-state index contributed by atoms with van der Waals surface area (Å²) in [5, 5.41) is 14.9. The van der Waals surface area contributed by atoms with E-state index in [0.29, 0.717) is 28.5 Å². The van der Waals surface area contributed by atoms with Gasteiger partial charge in [-0.3, -0.25) is 14.9 Å². The van der Waals surface area contributed by atoms with E-state index in [9.17, 15) is 14.9 Å². The first-order valence-corrected chi connectivity index (χ1v) is 8.63. The van der Waals surface area contributed by atoms with Crippen molar-refractivity contribution in [2.75, 3.05) is 6.79 Å². The highest BCUT2D eigenvalue weighted by molar-refractivity contribution is 5.69. The number of non-ortho nitro benzene ring substituents is 1. The molecule has 150 valence electrons. The number of esters is 1. The highest BCUT2D eigenvalue weighted by Gasteiger charge is 2.22. The topological polar surface area (TPSA) is 140 Å². The smallest absolute Gasteiger partial charge is 0.306 e. The quantitative estimate of drug-likeness (QED) is 0.330. The number of benzene rings is 1. The number of ether oxygens (including phenoxy) is 3. The van der Waals surface area contributed by atoms with Crippen molar-refractivity contribution in [1.82, 2.24) is 10.1 Å². The lowest BCUT2D eigenvalue weighted by atomic mass is 10.1. The summed E-state index contributed by atoms with van der Waals surface area (Å²) in [4.78, 5) is 26.8. The molecular weight excluding hydrogens is 386 g/mol. The second kappa shape index (κ2) is 8.10. The molecule has 0 unspecified atom stereocenters. The number of rotatable bonds is 7. The van der Waals surface area contributed by atoms with Gasteiger partial charge in [-0.15, -0.1) is 0 Å². The molecule has 1 aliphatic heterocycles. The van der Waals surface area contributed by atoms with Gasteiger partial charge in [-0.2, -0.15) is 4.98 Å². The number of fused-ring (bicyclic) bond motifs is 1. The van der Waals surface area contributed by atoms with Gasteiger partial charge in [-0.25, -0.2) is 0 Å². The summed E-state index contributed by atoms with van der Waals surface area (Å²) in [6, 6.07) is 6.10. The maximum Gasteiger partial charge on any atom is 0.306 e. The van der Waals surface area contributed by atoms with Gasteiger partial charge in [0.15, 0.2) is 12.6 Å². The minimum Gasteiger partial charge on any atom is -0.467 e. The summed E-state index contributed by atoms with van der Waals surface area (Å²) in [7, 11) is 0. The van der Waals surface area contributed by atoms with Crippen LogP contribution < -0.4 is 4.74 Å². The number of hydrogen-bond donors (Lipinski definition) is 0. The Morgan fingerprint density at radius 1 is 1.34 bits per heavy atom. The van der Waals surface area contributed by atoms with E-state index in [0.717, 1.165) is 0 Å². The van der Waals surface area contributed by atoms with Crippen LogP contribution in [0.25, 0.3) is 11.6 Å². The average molecular weight is 401 g/mol. The largest absolute Gasteiger partial charge is 0.467 e. The normalized spacial score (nSPS) is 12.8. The van der Waals surface area contributed by atoms with Crippen LogP contribution >= 0.6 is 0 Å². The highest BCUT2D eigenvalue weighted by atomic mass is 16.7. The Morgan fingerprint density at radius 2 is 2.24 bits per heavy atom. The molecule has 29 heavy (non-hydrogen) atoms. The number of carbonyl (C=O) groups is 1. The van der Waals surface area contributed by atoms with Crippen molar-refractivity contribution in [2.24, 2.45) is 0 Å². The molecule has 0 N–H and O–H groups in total. The number of hydrogen-bond acceptors (Lipinski definition) is 10. The molecule has 11 nitrogen and oxygen atoms in total. The van der Waals surface area contributed by atoms with Crippen molar-refractivity contribution < 1.29 is 32.9 Å². The number of nitrogens with zero attached hydrogens (tertiary/aromatic N) is 3. The van der Waals surface area contributed by atoms with E-state index < -0.39 is 10.9 Å². The molecule has 0 atom stereocenters. The molecule has 0 fully saturated rings. The fourth-order valence-electron chi connectivity index (χ4n) is 2.80. The van der Waals surface area contributed by atoms with Gasteiger partial charge in [0.05, 0.1) is 24.2 Å². The Kier molecular flexibility index (Phi) is 5.20. The van der Waals surface area contributed by atoms with Crippen molar-refractivity contribution in [1.29, 1.82) is 0 Å². The van der Waals surface area contributed by atoms with Gasteiger partial charge >= 0.3 is 5.97 Å². The fourth-order valence-corrected chi connectivity index (χ4v) is 2.80. The summed E-state index contributed by atoms with van der Waals surface area (Å²) in [5.41, 5.74) is 0.816. The molecule has 0 aliphatic carbocycles. The first-order valence-electron chi connectivity index (χ1n) is 8.63. The van der Waals surface area contributed by atoms with Crippen LogP contribution in [-0.4, -0.2) is 27.8 Å². The van der Waals surface area contributed by atoms with Crippen LogP contribution in [0, 0.1) is 10.1 Å². The first-order chi connectivity index (χ1) is 14.1. The summed E-state index contributed by atoms with van der Waals surface area (Å²) < 4.78 is 26.0. The molecule has 3 heterocycles. The SMILES string of the molecule is O=C(CCc1nc(-c2ccco2)no1)OCc1cc([N+](=O)[O-])cc2c1OCOC2. The lowest BCUT2D eigenvalue weighted by Gasteiger charge is -2.20. The molecule has 0 radical (unpaired) electrons. The van der Waals surface area contributed by atoms with Gasteiger partial charge in [-0.05, 0) is 12.1 Å². The Hall–Kier alpha value is -3.73. The van der Waals surface area contributed by atoms with Gasteiger partial charge in [0.1, 0.15) is 12.4 Å². The van der Waals surface area contributed by atoms with Crippen LogP contribution in [-0.2, 0) is 33.9 Å². The van der Waals surface area contributed by atoms with Crippen molar-refractivity contribution in [2.45, 2.75) is 26.1 Å². The molecule has 0 saturated heterocycles. The Morgan fingerprint density at radius 3 is 3.03 bits per heavy atom. The second-order valence-corrected chi connectivity index (χ2v) is 6.11. The second-order valence-electron chi connectivity index (χ2n) is 6.11. The predicted octanol–water partition coefficient (Wildman–Crippen LogP) is 2.78. The number of nitro groups is 1. The zero-order chi connectivity index (χ0) is 20.2. The maximum atomic E-state index is 12.1. The Bertz CT molecular complexity index is 1030. The van der Waals surface area contributed by atoms with Crippen LogP contribution in [0.3, 0.4) is 0 Å². The molecule has 3 aromatic rings.